The number of anilines is 1. The number of nitrogens with one attached hydrogen (secondary N) is 2. The van der Waals surface area contributed by atoms with Crippen LogP contribution in [-0.2, 0) is 22.6 Å². The summed E-state index contributed by atoms with van der Waals surface area (Å²) in [5.41, 5.74) is -3.81. The summed E-state index contributed by atoms with van der Waals surface area (Å²) < 4.78 is 107. The molecule has 0 radical (unpaired) electrons. The van der Waals surface area contributed by atoms with Crippen LogP contribution in [-0.4, -0.2) is 26.5 Å². The Kier molecular flexibility index (Phi) is 6.15. The van der Waals surface area contributed by atoms with E-state index >= 15 is 0 Å². The minimum atomic E-state index is -4.81. The zero-order chi connectivity index (χ0) is 28.2. The lowest BCUT2D eigenvalue weighted by Crippen LogP contribution is -2.29. The van der Waals surface area contributed by atoms with E-state index in [0.29, 0.717) is 18.2 Å². The number of carbonyl (C=O) groups is 1. The topological polar surface area (TPSA) is 83.6 Å². The van der Waals surface area contributed by atoms with E-state index in [2.05, 4.69) is 25.9 Å². The second-order valence-corrected chi connectivity index (χ2v) is 8.97. The highest BCUT2D eigenvalue weighted by Gasteiger charge is 2.53. The van der Waals surface area contributed by atoms with Gasteiger partial charge in [-0.3, -0.25) is 4.79 Å². The van der Waals surface area contributed by atoms with Gasteiger partial charge in [-0.25, -0.2) is 13.9 Å². The summed E-state index contributed by atoms with van der Waals surface area (Å²) in [4.78, 5) is 13.2. The van der Waals surface area contributed by atoms with E-state index in [4.69, 9.17) is 0 Å². The lowest BCUT2D eigenvalue weighted by atomic mass is 9.92. The van der Waals surface area contributed by atoms with E-state index in [1.54, 1.807) is 0 Å². The van der Waals surface area contributed by atoms with E-state index in [-0.39, 0.29) is 46.6 Å². The highest BCUT2D eigenvalue weighted by Crippen LogP contribution is 2.50. The van der Waals surface area contributed by atoms with Crippen LogP contribution in [0.5, 0.6) is 0 Å². The zero-order valence-corrected chi connectivity index (χ0v) is 19.4. The van der Waals surface area contributed by atoms with Crippen molar-refractivity contribution in [1.82, 2.24) is 20.6 Å². The molecule has 0 spiro atoms. The number of benzene rings is 3. The van der Waals surface area contributed by atoms with Gasteiger partial charge in [-0.05, 0) is 76.9 Å². The van der Waals surface area contributed by atoms with Gasteiger partial charge in [0.15, 0.2) is 5.82 Å². The molecule has 2 N–H and O–H groups in total. The molecule has 202 valence electrons. The smallest absolute Gasteiger partial charge is 0.325 e. The number of aromatic amines is 1. The molecule has 1 aliphatic carbocycles. The molecule has 5 rings (SSSR count). The average molecular weight is 553 g/mol. The number of rotatable bonds is 5. The molecule has 0 bridgehead atoms. The molecule has 4 aromatic rings. The maximum Gasteiger partial charge on any atom is 0.416 e. The van der Waals surface area contributed by atoms with E-state index in [1.165, 1.54) is 18.2 Å². The first-order chi connectivity index (χ1) is 18.3. The van der Waals surface area contributed by atoms with Crippen LogP contribution in [0.4, 0.5) is 40.8 Å². The van der Waals surface area contributed by atoms with Gasteiger partial charge in [0, 0.05) is 16.8 Å². The summed E-state index contributed by atoms with van der Waals surface area (Å²) in [6.07, 6.45) is -9.21. The van der Waals surface area contributed by atoms with Gasteiger partial charge < -0.3 is 5.32 Å². The molecular weight excluding hydrogens is 538 g/mol. The Morgan fingerprint density at radius 3 is 2.15 bits per heavy atom. The Labute approximate surface area is 214 Å². The molecular formula is C25H15F8N5O. The first-order valence-corrected chi connectivity index (χ1v) is 11.2. The Morgan fingerprint density at radius 1 is 0.846 bits per heavy atom. The summed E-state index contributed by atoms with van der Waals surface area (Å²) in [6, 6.07) is 7.93. The molecule has 0 atom stereocenters. The average Bonchev–Trinajstić information content (AvgIpc) is 3.47. The van der Waals surface area contributed by atoms with Crippen LogP contribution < -0.4 is 5.32 Å². The highest BCUT2D eigenvalue weighted by atomic mass is 19.4. The van der Waals surface area contributed by atoms with Crippen LogP contribution in [0.1, 0.15) is 29.5 Å². The summed E-state index contributed by atoms with van der Waals surface area (Å²) in [5.74, 6) is -3.00. The summed E-state index contributed by atoms with van der Waals surface area (Å²) in [6.45, 7) is 0. The molecule has 0 unspecified atom stereocenters. The summed E-state index contributed by atoms with van der Waals surface area (Å²) >= 11 is 0. The van der Waals surface area contributed by atoms with E-state index in [0.717, 1.165) is 18.2 Å². The molecule has 1 heterocycles. The molecule has 0 saturated heterocycles. The van der Waals surface area contributed by atoms with Crippen LogP contribution in [0.25, 0.3) is 22.5 Å². The van der Waals surface area contributed by atoms with Crippen LogP contribution >= 0.6 is 0 Å². The van der Waals surface area contributed by atoms with Gasteiger partial charge in [0.2, 0.25) is 5.91 Å². The molecule has 1 fully saturated rings. The molecule has 1 amide bonds. The van der Waals surface area contributed by atoms with Crippen LogP contribution in [0.15, 0.2) is 54.6 Å². The predicted octanol–water partition coefficient (Wildman–Crippen LogP) is 6.52. The van der Waals surface area contributed by atoms with Crippen molar-refractivity contribution in [2.75, 3.05) is 5.32 Å². The summed E-state index contributed by atoms with van der Waals surface area (Å²) in [5, 5.41) is 15.7. The maximum atomic E-state index is 14.6. The van der Waals surface area contributed by atoms with Gasteiger partial charge in [0.05, 0.1) is 16.5 Å². The number of H-pyrrole nitrogens is 1. The molecule has 39 heavy (non-hydrogen) atoms. The number of alkyl halides is 6. The Bertz CT molecular complexity index is 1560. The van der Waals surface area contributed by atoms with Crippen molar-refractivity contribution in [3.63, 3.8) is 0 Å². The monoisotopic (exact) mass is 553 g/mol. The SMILES string of the molecule is O=C(Nc1ccc(-c2cc(F)cc(C(F)(F)F)c2)c(-c2nnn[nH]2)c1)C1(c2ccc(C(F)(F)F)cc2F)CC1. The van der Waals surface area contributed by atoms with Crippen molar-refractivity contribution in [2.45, 2.75) is 30.6 Å². The molecule has 14 heteroatoms. The number of tetrazole rings is 1. The van der Waals surface area contributed by atoms with Crippen molar-refractivity contribution in [3.8, 4) is 22.5 Å². The molecule has 1 aromatic heterocycles. The number of halogens is 8. The first kappa shape index (κ1) is 26.3. The van der Waals surface area contributed by atoms with Crippen molar-refractivity contribution >= 4 is 11.6 Å². The van der Waals surface area contributed by atoms with E-state index < -0.39 is 46.4 Å². The molecule has 0 aliphatic heterocycles. The van der Waals surface area contributed by atoms with Crippen LogP contribution in [0.3, 0.4) is 0 Å². The Balaban J connectivity index is 1.50. The fraction of sp³-hybridized carbons (Fsp3) is 0.200. The minimum Gasteiger partial charge on any atom is -0.325 e. The number of aromatic nitrogens is 4. The number of hydrogen-bond acceptors (Lipinski definition) is 4. The minimum absolute atomic E-state index is 0.00571. The lowest BCUT2D eigenvalue weighted by Gasteiger charge is -2.19. The third kappa shape index (κ3) is 5.05. The van der Waals surface area contributed by atoms with Gasteiger partial charge in [0.25, 0.3) is 0 Å². The number of carbonyl (C=O) groups excluding carboxylic acids is 1. The van der Waals surface area contributed by atoms with E-state index in [9.17, 15) is 39.9 Å². The largest absolute Gasteiger partial charge is 0.416 e. The molecule has 1 saturated carbocycles. The van der Waals surface area contributed by atoms with Gasteiger partial charge in [-0.15, -0.1) is 5.10 Å². The van der Waals surface area contributed by atoms with Gasteiger partial charge in [-0.2, -0.15) is 26.3 Å². The molecule has 1 aliphatic rings. The lowest BCUT2D eigenvalue weighted by molar-refractivity contribution is -0.138. The third-order valence-electron chi connectivity index (χ3n) is 6.41. The first-order valence-electron chi connectivity index (χ1n) is 11.2. The quantitative estimate of drug-likeness (QED) is 0.276. The Hall–Kier alpha value is -4.36. The van der Waals surface area contributed by atoms with Gasteiger partial charge in [-0.1, -0.05) is 12.1 Å². The molecule has 6 nitrogen and oxygen atoms in total. The number of amides is 1. The normalized spacial score (nSPS) is 14.8. The number of hydrogen-bond donors (Lipinski definition) is 2. The third-order valence-corrected chi connectivity index (χ3v) is 6.41. The maximum absolute atomic E-state index is 14.6. The molecule has 3 aromatic carbocycles. The summed E-state index contributed by atoms with van der Waals surface area (Å²) in [7, 11) is 0. The second kappa shape index (κ2) is 9.13. The fourth-order valence-corrected chi connectivity index (χ4v) is 4.33. The van der Waals surface area contributed by atoms with Crippen LogP contribution in [0, 0.1) is 11.6 Å². The van der Waals surface area contributed by atoms with Crippen LogP contribution in [0.2, 0.25) is 0 Å². The standard InChI is InChI=1S/C25H15F8N5O/c26-15-8-12(7-14(9-15)25(31,32)33)17-3-2-16(11-18(17)21-35-37-38-36-21)34-22(39)23(5-6-23)19-4-1-13(10-20(19)27)24(28,29)30/h1-4,7-11H,5-6H2,(H,34,39)(H,35,36,37,38). The predicted molar refractivity (Wildman–Crippen MR) is 121 cm³/mol. The van der Waals surface area contributed by atoms with Crippen molar-refractivity contribution in [3.05, 3.63) is 82.9 Å². The van der Waals surface area contributed by atoms with Gasteiger partial charge in [0.1, 0.15) is 11.6 Å². The zero-order valence-electron chi connectivity index (χ0n) is 19.4. The van der Waals surface area contributed by atoms with E-state index in [1.807, 2.05) is 0 Å². The fourth-order valence-electron chi connectivity index (χ4n) is 4.33. The van der Waals surface area contributed by atoms with Gasteiger partial charge >= 0.3 is 12.4 Å². The number of nitrogens with zero attached hydrogens (tertiary/aromatic N) is 3. The highest BCUT2D eigenvalue weighted by molar-refractivity contribution is 6.02. The Morgan fingerprint density at radius 2 is 1.56 bits per heavy atom. The second-order valence-electron chi connectivity index (χ2n) is 8.97. The van der Waals surface area contributed by atoms with Crippen molar-refractivity contribution in [2.24, 2.45) is 0 Å². The van der Waals surface area contributed by atoms with Crippen molar-refractivity contribution in [1.29, 1.82) is 0 Å². The van der Waals surface area contributed by atoms with Crippen molar-refractivity contribution < 1.29 is 39.9 Å².